The van der Waals surface area contributed by atoms with Gasteiger partial charge in [-0.05, 0) is 25.0 Å². The average Bonchev–Trinajstić information content (AvgIpc) is 2.81. The van der Waals surface area contributed by atoms with Crippen LogP contribution in [-0.2, 0) is 0 Å². The molecular weight excluding hydrogens is 202 g/mol. The zero-order valence-corrected chi connectivity index (χ0v) is 9.81. The SMILES string of the molecule is CN(C)c1cccc(C(=O)N2CCCC2)n1. The minimum atomic E-state index is 0.0567. The van der Waals surface area contributed by atoms with E-state index in [-0.39, 0.29) is 5.91 Å². The minimum Gasteiger partial charge on any atom is -0.363 e. The van der Waals surface area contributed by atoms with Crippen molar-refractivity contribution in [1.29, 1.82) is 0 Å². The van der Waals surface area contributed by atoms with Gasteiger partial charge in [-0.3, -0.25) is 4.79 Å². The number of anilines is 1. The Bertz CT molecular complexity index is 384. The fourth-order valence-corrected chi connectivity index (χ4v) is 1.87. The van der Waals surface area contributed by atoms with Crippen LogP contribution in [-0.4, -0.2) is 43.0 Å². The molecule has 0 aliphatic carbocycles. The predicted molar refractivity (Wildman–Crippen MR) is 63.7 cm³/mol. The summed E-state index contributed by atoms with van der Waals surface area (Å²) < 4.78 is 0. The highest BCUT2D eigenvalue weighted by atomic mass is 16.2. The van der Waals surface area contributed by atoms with Crippen molar-refractivity contribution in [1.82, 2.24) is 9.88 Å². The molecule has 1 amide bonds. The summed E-state index contributed by atoms with van der Waals surface area (Å²) in [6.45, 7) is 1.74. The van der Waals surface area contributed by atoms with Crippen molar-refractivity contribution in [3.63, 3.8) is 0 Å². The number of likely N-dealkylation sites (tertiary alicyclic amines) is 1. The van der Waals surface area contributed by atoms with E-state index in [1.54, 1.807) is 6.07 Å². The van der Waals surface area contributed by atoms with Gasteiger partial charge >= 0.3 is 0 Å². The van der Waals surface area contributed by atoms with E-state index in [4.69, 9.17) is 0 Å². The van der Waals surface area contributed by atoms with Crippen LogP contribution in [0.5, 0.6) is 0 Å². The molecule has 0 saturated carbocycles. The first-order valence-electron chi connectivity index (χ1n) is 5.62. The van der Waals surface area contributed by atoms with Gasteiger partial charge in [-0.25, -0.2) is 4.98 Å². The van der Waals surface area contributed by atoms with Crippen molar-refractivity contribution in [2.24, 2.45) is 0 Å². The highest BCUT2D eigenvalue weighted by molar-refractivity contribution is 5.92. The summed E-state index contributed by atoms with van der Waals surface area (Å²) in [6, 6.07) is 5.57. The van der Waals surface area contributed by atoms with Crippen molar-refractivity contribution in [2.45, 2.75) is 12.8 Å². The van der Waals surface area contributed by atoms with Crippen molar-refractivity contribution in [3.05, 3.63) is 23.9 Å². The van der Waals surface area contributed by atoms with Crippen LogP contribution in [0.4, 0.5) is 5.82 Å². The van der Waals surface area contributed by atoms with Gasteiger partial charge in [0.25, 0.3) is 5.91 Å². The van der Waals surface area contributed by atoms with Crippen LogP contribution in [0.15, 0.2) is 18.2 Å². The highest BCUT2D eigenvalue weighted by Gasteiger charge is 2.20. The zero-order chi connectivity index (χ0) is 11.5. The number of amides is 1. The zero-order valence-electron chi connectivity index (χ0n) is 9.81. The van der Waals surface area contributed by atoms with Gasteiger partial charge < -0.3 is 9.80 Å². The molecule has 16 heavy (non-hydrogen) atoms. The van der Waals surface area contributed by atoms with Crippen LogP contribution in [0.3, 0.4) is 0 Å². The molecule has 4 nitrogen and oxygen atoms in total. The maximum atomic E-state index is 12.1. The monoisotopic (exact) mass is 219 g/mol. The molecule has 0 unspecified atom stereocenters. The second-order valence-electron chi connectivity index (χ2n) is 4.27. The highest BCUT2D eigenvalue weighted by Crippen LogP contribution is 2.14. The van der Waals surface area contributed by atoms with Gasteiger partial charge in [0, 0.05) is 27.2 Å². The summed E-state index contributed by atoms with van der Waals surface area (Å²) >= 11 is 0. The first-order chi connectivity index (χ1) is 7.68. The maximum absolute atomic E-state index is 12.1. The molecule has 1 aromatic heterocycles. The molecule has 0 aromatic carbocycles. The molecule has 1 fully saturated rings. The topological polar surface area (TPSA) is 36.4 Å². The minimum absolute atomic E-state index is 0.0567. The van der Waals surface area contributed by atoms with E-state index in [1.165, 1.54) is 0 Å². The second kappa shape index (κ2) is 4.51. The van der Waals surface area contributed by atoms with Crippen LogP contribution in [0.2, 0.25) is 0 Å². The third-order valence-corrected chi connectivity index (χ3v) is 2.80. The van der Waals surface area contributed by atoms with Crippen LogP contribution < -0.4 is 4.90 Å². The van der Waals surface area contributed by atoms with Gasteiger partial charge in [-0.2, -0.15) is 0 Å². The largest absolute Gasteiger partial charge is 0.363 e. The van der Waals surface area contributed by atoms with E-state index in [0.29, 0.717) is 5.69 Å². The summed E-state index contributed by atoms with van der Waals surface area (Å²) in [7, 11) is 3.85. The summed E-state index contributed by atoms with van der Waals surface area (Å²) in [4.78, 5) is 20.2. The molecule has 0 radical (unpaired) electrons. The standard InChI is InChI=1S/C12H17N3O/c1-14(2)11-7-5-6-10(13-11)12(16)15-8-3-4-9-15/h5-7H,3-4,8-9H2,1-2H3. The Labute approximate surface area is 95.9 Å². The van der Waals surface area contributed by atoms with Crippen molar-refractivity contribution in [2.75, 3.05) is 32.1 Å². The van der Waals surface area contributed by atoms with Crippen molar-refractivity contribution >= 4 is 11.7 Å². The summed E-state index contributed by atoms with van der Waals surface area (Å²) in [5.41, 5.74) is 0.549. The molecule has 0 spiro atoms. The number of hydrogen-bond acceptors (Lipinski definition) is 3. The molecule has 0 bridgehead atoms. The lowest BCUT2D eigenvalue weighted by Crippen LogP contribution is -2.28. The maximum Gasteiger partial charge on any atom is 0.272 e. The number of hydrogen-bond donors (Lipinski definition) is 0. The van der Waals surface area contributed by atoms with Crippen molar-refractivity contribution in [3.8, 4) is 0 Å². The molecule has 0 N–H and O–H groups in total. The number of carbonyl (C=O) groups excluding carboxylic acids is 1. The van der Waals surface area contributed by atoms with Gasteiger partial charge in [-0.1, -0.05) is 6.07 Å². The van der Waals surface area contributed by atoms with Crippen LogP contribution >= 0.6 is 0 Å². The van der Waals surface area contributed by atoms with Gasteiger partial charge in [-0.15, -0.1) is 0 Å². The Hall–Kier alpha value is -1.58. The molecule has 4 heteroatoms. The van der Waals surface area contributed by atoms with E-state index in [9.17, 15) is 4.79 Å². The summed E-state index contributed by atoms with van der Waals surface area (Å²) in [5.74, 6) is 0.881. The number of carbonyl (C=O) groups is 1. The molecule has 1 aliphatic rings. The van der Waals surface area contributed by atoms with E-state index in [0.717, 1.165) is 31.7 Å². The van der Waals surface area contributed by atoms with Gasteiger partial charge in [0.15, 0.2) is 0 Å². The number of nitrogens with zero attached hydrogens (tertiary/aromatic N) is 3. The second-order valence-corrected chi connectivity index (χ2v) is 4.27. The molecule has 2 heterocycles. The lowest BCUT2D eigenvalue weighted by atomic mass is 10.3. The van der Waals surface area contributed by atoms with Crippen LogP contribution in [0.25, 0.3) is 0 Å². The third-order valence-electron chi connectivity index (χ3n) is 2.80. The Morgan fingerprint density at radius 3 is 2.62 bits per heavy atom. The lowest BCUT2D eigenvalue weighted by molar-refractivity contribution is 0.0787. The predicted octanol–water partition coefficient (Wildman–Crippen LogP) is 1.38. The average molecular weight is 219 g/mol. The Morgan fingerprint density at radius 2 is 2.00 bits per heavy atom. The first kappa shape index (κ1) is 10.9. The normalized spacial score (nSPS) is 15.2. The van der Waals surface area contributed by atoms with E-state index < -0.39 is 0 Å². The van der Waals surface area contributed by atoms with E-state index in [1.807, 2.05) is 36.0 Å². The molecule has 0 atom stereocenters. The molecule has 1 saturated heterocycles. The third kappa shape index (κ3) is 2.15. The summed E-state index contributed by atoms with van der Waals surface area (Å²) in [6.07, 6.45) is 2.22. The smallest absolute Gasteiger partial charge is 0.272 e. The summed E-state index contributed by atoms with van der Waals surface area (Å²) in [5, 5.41) is 0. The Balaban J connectivity index is 2.19. The Morgan fingerprint density at radius 1 is 1.31 bits per heavy atom. The van der Waals surface area contributed by atoms with E-state index >= 15 is 0 Å². The fraction of sp³-hybridized carbons (Fsp3) is 0.500. The molecule has 86 valence electrons. The number of rotatable bonds is 2. The molecule has 2 rings (SSSR count). The van der Waals surface area contributed by atoms with Crippen molar-refractivity contribution < 1.29 is 4.79 Å². The van der Waals surface area contributed by atoms with E-state index in [2.05, 4.69) is 4.98 Å². The van der Waals surface area contributed by atoms with Gasteiger partial charge in [0.1, 0.15) is 11.5 Å². The Kier molecular flexibility index (Phi) is 3.08. The molecular formula is C12H17N3O. The van der Waals surface area contributed by atoms with Crippen LogP contribution in [0, 0.1) is 0 Å². The first-order valence-corrected chi connectivity index (χ1v) is 5.62. The molecule has 1 aliphatic heterocycles. The number of pyridine rings is 1. The van der Waals surface area contributed by atoms with Crippen LogP contribution in [0.1, 0.15) is 23.3 Å². The van der Waals surface area contributed by atoms with Gasteiger partial charge in [0.05, 0.1) is 0 Å². The fourth-order valence-electron chi connectivity index (χ4n) is 1.87. The molecule has 1 aromatic rings. The van der Waals surface area contributed by atoms with Gasteiger partial charge in [0.2, 0.25) is 0 Å². The lowest BCUT2D eigenvalue weighted by Gasteiger charge is -2.16. The quantitative estimate of drug-likeness (QED) is 0.754. The number of aromatic nitrogens is 1.